The molecule has 2 rings (SSSR count). The molecule has 0 saturated carbocycles. The number of fused-ring (bicyclic) bond motifs is 1. The lowest BCUT2D eigenvalue weighted by molar-refractivity contribution is 0.477. The van der Waals surface area contributed by atoms with Gasteiger partial charge in [-0.25, -0.2) is 0 Å². The van der Waals surface area contributed by atoms with Crippen LogP contribution in [-0.2, 0) is 10.8 Å². The highest BCUT2D eigenvalue weighted by atomic mass is 32.2. The van der Waals surface area contributed by atoms with Crippen molar-refractivity contribution in [3.05, 3.63) is 29.3 Å². The molecule has 0 aliphatic carbocycles. The molecule has 3 unspecified atom stereocenters. The number of hydrogen-bond acceptors (Lipinski definition) is 2. The minimum atomic E-state index is -0.848. The molecular weight excluding hydrogens is 254 g/mol. The average molecular weight is 279 g/mol. The lowest BCUT2D eigenvalue weighted by atomic mass is 9.95. The monoisotopic (exact) mass is 279 g/mol. The molecular formula is C16H25NOS. The number of benzene rings is 1. The first kappa shape index (κ1) is 14.7. The van der Waals surface area contributed by atoms with Crippen molar-refractivity contribution < 1.29 is 4.21 Å². The van der Waals surface area contributed by atoms with Crippen LogP contribution in [0.25, 0.3) is 0 Å². The Morgan fingerprint density at radius 3 is 2.79 bits per heavy atom. The van der Waals surface area contributed by atoms with Crippen LogP contribution in [0.1, 0.15) is 63.6 Å². The van der Waals surface area contributed by atoms with Gasteiger partial charge in [0.05, 0.1) is 10.8 Å². The van der Waals surface area contributed by atoms with E-state index in [1.54, 1.807) is 0 Å². The molecule has 0 fully saturated rings. The van der Waals surface area contributed by atoms with Gasteiger partial charge in [-0.1, -0.05) is 39.8 Å². The van der Waals surface area contributed by atoms with E-state index in [1.165, 1.54) is 11.1 Å². The third kappa shape index (κ3) is 3.09. The maximum absolute atomic E-state index is 12.4. The van der Waals surface area contributed by atoms with Crippen LogP contribution in [-0.4, -0.2) is 16.0 Å². The van der Waals surface area contributed by atoms with Gasteiger partial charge in [0.2, 0.25) is 0 Å². The minimum absolute atomic E-state index is 0.242. The summed E-state index contributed by atoms with van der Waals surface area (Å²) in [7, 11) is -0.848. The van der Waals surface area contributed by atoms with Crippen LogP contribution in [0, 0.1) is 0 Å². The van der Waals surface area contributed by atoms with E-state index in [0.29, 0.717) is 12.0 Å². The van der Waals surface area contributed by atoms with Gasteiger partial charge in [0.15, 0.2) is 0 Å². The molecule has 0 spiro atoms. The highest BCUT2D eigenvalue weighted by molar-refractivity contribution is 7.85. The minimum Gasteiger partial charge on any atom is -0.310 e. The van der Waals surface area contributed by atoms with Crippen LogP contribution >= 0.6 is 0 Å². The van der Waals surface area contributed by atoms with E-state index in [2.05, 4.69) is 51.2 Å². The van der Waals surface area contributed by atoms with Gasteiger partial charge in [-0.3, -0.25) is 4.21 Å². The standard InChI is InChI=1S/C16H25NOS/c1-5-8-17-15-9-12(4)19(18)16-7-6-13(11(2)3)10-14(15)16/h6-7,10-12,15,17H,5,8-9H2,1-4H3. The van der Waals surface area contributed by atoms with Crippen molar-refractivity contribution in [3.63, 3.8) is 0 Å². The second-order valence-corrected chi connectivity index (χ2v) is 7.64. The molecule has 2 nitrogen and oxygen atoms in total. The average Bonchev–Trinajstić information content (AvgIpc) is 2.40. The number of hydrogen-bond donors (Lipinski definition) is 1. The lowest BCUT2D eigenvalue weighted by Gasteiger charge is -2.30. The van der Waals surface area contributed by atoms with Crippen LogP contribution in [0.2, 0.25) is 0 Å². The van der Waals surface area contributed by atoms with Crippen molar-refractivity contribution in [3.8, 4) is 0 Å². The Balaban J connectivity index is 2.39. The van der Waals surface area contributed by atoms with Crippen LogP contribution in [0.3, 0.4) is 0 Å². The molecule has 1 aromatic carbocycles. The largest absolute Gasteiger partial charge is 0.310 e. The molecule has 1 aliphatic rings. The molecule has 0 bridgehead atoms. The Morgan fingerprint density at radius 2 is 2.16 bits per heavy atom. The summed E-state index contributed by atoms with van der Waals surface area (Å²) in [6.45, 7) is 9.71. The number of nitrogens with one attached hydrogen (secondary N) is 1. The Morgan fingerprint density at radius 1 is 1.42 bits per heavy atom. The van der Waals surface area contributed by atoms with Crippen molar-refractivity contribution in [2.75, 3.05) is 6.54 Å². The first-order chi connectivity index (χ1) is 9.04. The highest BCUT2D eigenvalue weighted by Gasteiger charge is 2.30. The molecule has 1 heterocycles. The van der Waals surface area contributed by atoms with E-state index < -0.39 is 10.8 Å². The van der Waals surface area contributed by atoms with E-state index in [1.807, 2.05) is 0 Å². The van der Waals surface area contributed by atoms with Gasteiger partial charge in [-0.2, -0.15) is 0 Å². The Kier molecular flexibility index (Phi) is 4.80. The summed E-state index contributed by atoms with van der Waals surface area (Å²) in [4.78, 5) is 1.04. The zero-order valence-corrected chi connectivity index (χ0v) is 13.2. The maximum atomic E-state index is 12.4. The zero-order valence-electron chi connectivity index (χ0n) is 12.4. The van der Waals surface area contributed by atoms with Crippen molar-refractivity contribution in [2.24, 2.45) is 0 Å². The fourth-order valence-corrected chi connectivity index (χ4v) is 4.09. The van der Waals surface area contributed by atoms with E-state index in [-0.39, 0.29) is 5.25 Å². The molecule has 106 valence electrons. The molecule has 0 radical (unpaired) electrons. The SMILES string of the molecule is CCCNC1CC(C)S(=O)c2ccc(C(C)C)cc21. The van der Waals surface area contributed by atoms with E-state index in [0.717, 1.165) is 24.3 Å². The summed E-state index contributed by atoms with van der Waals surface area (Å²) in [6.07, 6.45) is 2.11. The van der Waals surface area contributed by atoms with Gasteiger partial charge >= 0.3 is 0 Å². The molecule has 3 atom stereocenters. The molecule has 0 aromatic heterocycles. The first-order valence-electron chi connectivity index (χ1n) is 7.32. The Bertz CT molecular complexity index is 470. The summed E-state index contributed by atoms with van der Waals surface area (Å²) in [5.41, 5.74) is 2.60. The summed E-state index contributed by atoms with van der Waals surface area (Å²) in [6, 6.07) is 6.84. The van der Waals surface area contributed by atoms with Crippen molar-refractivity contribution in [1.82, 2.24) is 5.32 Å². The molecule has 19 heavy (non-hydrogen) atoms. The molecule has 1 aromatic rings. The topological polar surface area (TPSA) is 29.1 Å². The zero-order chi connectivity index (χ0) is 14.0. The van der Waals surface area contributed by atoms with Crippen LogP contribution in [0.15, 0.2) is 23.1 Å². The van der Waals surface area contributed by atoms with Gasteiger partial charge in [0, 0.05) is 16.2 Å². The molecule has 0 saturated heterocycles. The smallest absolute Gasteiger partial charge is 0.0562 e. The lowest BCUT2D eigenvalue weighted by Crippen LogP contribution is -2.32. The highest BCUT2D eigenvalue weighted by Crippen LogP contribution is 2.35. The van der Waals surface area contributed by atoms with Crippen LogP contribution < -0.4 is 5.32 Å². The van der Waals surface area contributed by atoms with Gasteiger partial charge in [0.1, 0.15) is 0 Å². The Hall–Kier alpha value is -0.670. The first-order valence-corrected chi connectivity index (χ1v) is 8.53. The molecule has 1 aliphatic heterocycles. The predicted octanol–water partition coefficient (Wildman–Crippen LogP) is 3.75. The third-order valence-electron chi connectivity index (χ3n) is 3.87. The quantitative estimate of drug-likeness (QED) is 0.909. The van der Waals surface area contributed by atoms with E-state index in [4.69, 9.17) is 0 Å². The van der Waals surface area contributed by atoms with Crippen molar-refractivity contribution >= 4 is 10.8 Å². The summed E-state index contributed by atoms with van der Waals surface area (Å²) in [5.74, 6) is 0.518. The second-order valence-electron chi connectivity index (χ2n) is 5.80. The molecule has 3 heteroatoms. The van der Waals surface area contributed by atoms with Crippen LogP contribution in [0.5, 0.6) is 0 Å². The molecule has 1 N–H and O–H groups in total. The van der Waals surface area contributed by atoms with Crippen molar-refractivity contribution in [1.29, 1.82) is 0 Å². The Labute approximate surface area is 119 Å². The summed E-state index contributed by atoms with van der Waals surface area (Å²) >= 11 is 0. The van der Waals surface area contributed by atoms with Gasteiger partial charge in [0.25, 0.3) is 0 Å². The number of rotatable bonds is 4. The van der Waals surface area contributed by atoms with Gasteiger partial charge < -0.3 is 5.32 Å². The predicted molar refractivity (Wildman–Crippen MR) is 82.1 cm³/mol. The van der Waals surface area contributed by atoms with Gasteiger partial charge in [-0.05, 0) is 42.5 Å². The second kappa shape index (κ2) is 6.19. The fourth-order valence-electron chi connectivity index (χ4n) is 2.66. The third-order valence-corrected chi connectivity index (χ3v) is 5.60. The fraction of sp³-hybridized carbons (Fsp3) is 0.625. The van der Waals surface area contributed by atoms with Crippen LogP contribution in [0.4, 0.5) is 0 Å². The van der Waals surface area contributed by atoms with E-state index in [9.17, 15) is 4.21 Å². The van der Waals surface area contributed by atoms with Crippen molar-refractivity contribution in [2.45, 2.75) is 62.6 Å². The molecule has 0 amide bonds. The van der Waals surface area contributed by atoms with Gasteiger partial charge in [-0.15, -0.1) is 0 Å². The maximum Gasteiger partial charge on any atom is 0.0562 e. The summed E-state index contributed by atoms with van der Waals surface area (Å²) in [5, 5.41) is 3.85. The summed E-state index contributed by atoms with van der Waals surface area (Å²) < 4.78 is 12.4. The van der Waals surface area contributed by atoms with E-state index >= 15 is 0 Å². The normalized spacial score (nSPS) is 26.5.